The van der Waals surface area contributed by atoms with Crippen molar-refractivity contribution in [3.63, 3.8) is 0 Å². The molecule has 16 heavy (non-hydrogen) atoms. The molecule has 0 N–H and O–H groups in total. The highest BCUT2D eigenvalue weighted by atomic mass is 16.6. The lowest BCUT2D eigenvalue weighted by molar-refractivity contribution is -0.158. The van der Waals surface area contributed by atoms with E-state index >= 15 is 0 Å². The highest BCUT2D eigenvalue weighted by molar-refractivity contribution is 5.83. The summed E-state index contributed by atoms with van der Waals surface area (Å²) in [5.41, 5.74) is 0. The largest absolute Gasteiger partial charge is 0.456 e. The smallest absolute Gasteiger partial charge is 0.330 e. The zero-order valence-electron chi connectivity index (χ0n) is 9.13. The Hall–Kier alpha value is -0.870. The summed E-state index contributed by atoms with van der Waals surface area (Å²) in [4.78, 5) is 11.1. The van der Waals surface area contributed by atoms with E-state index in [0.29, 0.717) is 0 Å². The van der Waals surface area contributed by atoms with Crippen molar-refractivity contribution >= 4 is 5.97 Å². The van der Waals surface area contributed by atoms with Gasteiger partial charge in [0.25, 0.3) is 0 Å². The monoisotopic (exact) mass is 224 g/mol. The van der Waals surface area contributed by atoms with Crippen LogP contribution in [0.1, 0.15) is 25.7 Å². The van der Waals surface area contributed by atoms with Crippen LogP contribution in [0.3, 0.4) is 0 Å². The van der Waals surface area contributed by atoms with Gasteiger partial charge in [0.1, 0.15) is 12.2 Å². The van der Waals surface area contributed by atoms with Gasteiger partial charge in [-0.15, -0.1) is 0 Å². The van der Waals surface area contributed by atoms with E-state index in [1.165, 1.54) is 6.08 Å². The van der Waals surface area contributed by atoms with E-state index in [0.717, 1.165) is 32.3 Å². The summed E-state index contributed by atoms with van der Waals surface area (Å²) in [5, 5.41) is 0. The Morgan fingerprint density at radius 2 is 2.00 bits per heavy atom. The molecule has 4 nitrogen and oxygen atoms in total. The minimum Gasteiger partial charge on any atom is -0.456 e. The first-order valence-electron chi connectivity index (χ1n) is 5.99. The second-order valence-corrected chi connectivity index (χ2v) is 4.60. The van der Waals surface area contributed by atoms with Gasteiger partial charge in [0, 0.05) is 12.7 Å². The summed E-state index contributed by atoms with van der Waals surface area (Å²) in [6, 6.07) is 0. The van der Waals surface area contributed by atoms with E-state index in [4.69, 9.17) is 14.2 Å². The van der Waals surface area contributed by atoms with Crippen molar-refractivity contribution in [3.05, 3.63) is 12.2 Å². The standard InChI is InChI=1S/C12H16O4/c13-12-6-5-10-11(16-12)4-3-8-9(15-10)2-1-7-14-8/h5-6,8-11H,1-4,7H2. The zero-order valence-corrected chi connectivity index (χ0v) is 9.13. The first kappa shape index (κ1) is 10.3. The SMILES string of the molecule is O=C1C=CC2OC3CCCOC3CCC2O1. The Bertz CT molecular complexity index is 312. The van der Waals surface area contributed by atoms with E-state index in [2.05, 4.69) is 0 Å². The van der Waals surface area contributed by atoms with Crippen LogP contribution in [-0.4, -0.2) is 37.0 Å². The van der Waals surface area contributed by atoms with Gasteiger partial charge in [0.2, 0.25) is 0 Å². The number of carbonyl (C=O) groups is 1. The molecule has 2 fully saturated rings. The molecule has 0 amide bonds. The molecule has 3 aliphatic heterocycles. The molecule has 0 aromatic rings. The van der Waals surface area contributed by atoms with E-state index < -0.39 is 0 Å². The molecular weight excluding hydrogens is 208 g/mol. The predicted octanol–water partition coefficient (Wildman–Crippen LogP) is 1.19. The normalized spacial score (nSPS) is 42.9. The highest BCUT2D eigenvalue weighted by Crippen LogP contribution is 2.30. The molecule has 0 radical (unpaired) electrons. The lowest BCUT2D eigenvalue weighted by Crippen LogP contribution is -2.39. The van der Waals surface area contributed by atoms with Crippen molar-refractivity contribution in [1.82, 2.24) is 0 Å². The van der Waals surface area contributed by atoms with Crippen molar-refractivity contribution in [2.75, 3.05) is 6.61 Å². The molecule has 3 rings (SSSR count). The topological polar surface area (TPSA) is 44.8 Å². The van der Waals surface area contributed by atoms with Gasteiger partial charge in [-0.2, -0.15) is 0 Å². The van der Waals surface area contributed by atoms with Gasteiger partial charge < -0.3 is 14.2 Å². The molecule has 0 aromatic heterocycles. The third-order valence-corrected chi connectivity index (χ3v) is 3.50. The molecule has 4 heteroatoms. The van der Waals surface area contributed by atoms with Crippen LogP contribution in [0.4, 0.5) is 0 Å². The fraction of sp³-hybridized carbons (Fsp3) is 0.750. The van der Waals surface area contributed by atoms with Crippen LogP contribution in [0.25, 0.3) is 0 Å². The fourth-order valence-electron chi connectivity index (χ4n) is 2.68. The molecule has 0 saturated carbocycles. The van der Waals surface area contributed by atoms with Gasteiger partial charge in [-0.25, -0.2) is 4.79 Å². The van der Waals surface area contributed by atoms with Crippen LogP contribution in [0.2, 0.25) is 0 Å². The third-order valence-electron chi connectivity index (χ3n) is 3.50. The molecule has 0 aliphatic carbocycles. The van der Waals surface area contributed by atoms with Crippen LogP contribution in [0, 0.1) is 0 Å². The number of carbonyl (C=O) groups excluding carboxylic acids is 1. The summed E-state index contributed by atoms with van der Waals surface area (Å²) in [7, 11) is 0. The van der Waals surface area contributed by atoms with Crippen molar-refractivity contribution < 1.29 is 19.0 Å². The lowest BCUT2D eigenvalue weighted by Gasteiger charge is -2.31. The van der Waals surface area contributed by atoms with E-state index in [1.54, 1.807) is 0 Å². The predicted molar refractivity (Wildman–Crippen MR) is 55.9 cm³/mol. The summed E-state index contributed by atoms with van der Waals surface area (Å²) in [6.07, 6.45) is 7.32. The van der Waals surface area contributed by atoms with Crippen molar-refractivity contribution in [2.24, 2.45) is 0 Å². The first-order valence-corrected chi connectivity index (χ1v) is 5.99. The average molecular weight is 224 g/mol. The second kappa shape index (κ2) is 4.18. The number of rotatable bonds is 0. The Kier molecular flexibility index (Phi) is 2.69. The maximum Gasteiger partial charge on any atom is 0.330 e. The summed E-state index contributed by atoms with van der Waals surface area (Å²) < 4.78 is 17.0. The van der Waals surface area contributed by atoms with Gasteiger partial charge in [-0.05, 0) is 31.8 Å². The minimum atomic E-state index is -0.254. The Balaban J connectivity index is 1.76. The number of fused-ring (bicyclic) bond motifs is 2. The average Bonchev–Trinajstić information content (AvgIpc) is 2.48. The molecular formula is C12H16O4. The molecule has 3 heterocycles. The second-order valence-electron chi connectivity index (χ2n) is 4.60. The maximum absolute atomic E-state index is 11.1. The van der Waals surface area contributed by atoms with Crippen LogP contribution >= 0.6 is 0 Å². The maximum atomic E-state index is 11.1. The number of hydrogen-bond acceptors (Lipinski definition) is 4. The molecule has 0 aromatic carbocycles. The molecule has 2 saturated heterocycles. The van der Waals surface area contributed by atoms with E-state index in [1.807, 2.05) is 6.08 Å². The zero-order chi connectivity index (χ0) is 11.0. The Morgan fingerprint density at radius 1 is 1.12 bits per heavy atom. The van der Waals surface area contributed by atoms with Gasteiger partial charge >= 0.3 is 5.97 Å². The molecule has 3 aliphatic rings. The number of esters is 1. The number of hydrogen-bond donors (Lipinski definition) is 0. The van der Waals surface area contributed by atoms with Gasteiger partial charge in [-0.1, -0.05) is 0 Å². The molecule has 88 valence electrons. The quantitative estimate of drug-likeness (QED) is 0.580. The van der Waals surface area contributed by atoms with Crippen molar-refractivity contribution in [1.29, 1.82) is 0 Å². The summed E-state index contributed by atoms with van der Waals surface area (Å²) in [5.74, 6) is -0.254. The molecule has 4 atom stereocenters. The van der Waals surface area contributed by atoms with Gasteiger partial charge in [0.05, 0.1) is 12.2 Å². The van der Waals surface area contributed by atoms with Crippen LogP contribution < -0.4 is 0 Å². The van der Waals surface area contributed by atoms with Crippen LogP contribution in [-0.2, 0) is 19.0 Å². The van der Waals surface area contributed by atoms with Crippen LogP contribution in [0.15, 0.2) is 12.2 Å². The van der Waals surface area contributed by atoms with Crippen molar-refractivity contribution in [3.8, 4) is 0 Å². The third kappa shape index (κ3) is 1.87. The Morgan fingerprint density at radius 3 is 2.94 bits per heavy atom. The van der Waals surface area contributed by atoms with Crippen molar-refractivity contribution in [2.45, 2.75) is 50.1 Å². The highest BCUT2D eigenvalue weighted by Gasteiger charge is 2.38. The molecule has 0 spiro atoms. The number of ether oxygens (including phenoxy) is 3. The van der Waals surface area contributed by atoms with E-state index in [-0.39, 0.29) is 30.4 Å². The summed E-state index contributed by atoms with van der Waals surface area (Å²) in [6.45, 7) is 0.829. The minimum absolute atomic E-state index is 0.0746. The first-order chi connectivity index (χ1) is 7.83. The van der Waals surface area contributed by atoms with Gasteiger partial charge in [-0.3, -0.25) is 0 Å². The molecule has 4 unspecified atom stereocenters. The van der Waals surface area contributed by atoms with E-state index in [9.17, 15) is 4.79 Å². The van der Waals surface area contributed by atoms with Gasteiger partial charge in [0.15, 0.2) is 0 Å². The molecule has 0 bridgehead atoms. The fourth-order valence-corrected chi connectivity index (χ4v) is 2.68. The summed E-state index contributed by atoms with van der Waals surface area (Å²) >= 11 is 0. The van der Waals surface area contributed by atoms with Crippen LogP contribution in [0.5, 0.6) is 0 Å². The lowest BCUT2D eigenvalue weighted by atomic mass is 10.0. The Labute approximate surface area is 94.5 Å².